The van der Waals surface area contributed by atoms with Crippen LogP contribution in [0.15, 0.2) is 39.8 Å². The highest BCUT2D eigenvalue weighted by molar-refractivity contribution is 9.10. The van der Waals surface area contributed by atoms with E-state index in [0.717, 1.165) is 0 Å². The second kappa shape index (κ2) is 10.6. The van der Waals surface area contributed by atoms with E-state index in [0.29, 0.717) is 26.8 Å². The van der Waals surface area contributed by atoms with Gasteiger partial charge in [-0.25, -0.2) is 18.7 Å². The lowest BCUT2D eigenvalue weighted by Crippen LogP contribution is -2.32. The number of rotatable bonds is 8. The van der Waals surface area contributed by atoms with Crippen molar-refractivity contribution in [3.05, 3.63) is 34.9 Å². The molecule has 0 fully saturated rings. The summed E-state index contributed by atoms with van der Waals surface area (Å²) >= 11 is 3.39. The van der Waals surface area contributed by atoms with Crippen LogP contribution >= 0.6 is 15.9 Å². The van der Waals surface area contributed by atoms with Crippen LogP contribution in [0.3, 0.4) is 0 Å². The number of hydrogen-bond donors (Lipinski definition) is 4. The summed E-state index contributed by atoms with van der Waals surface area (Å²) in [7, 11) is -2.90. The van der Waals surface area contributed by atoms with Gasteiger partial charge in [-0.05, 0) is 73.3 Å². The Kier molecular flexibility index (Phi) is 8.44. The molecule has 0 aliphatic rings. The molecule has 9 nitrogen and oxygen atoms in total. The Bertz CT molecular complexity index is 991. The monoisotopic (exact) mass is 499 g/mol. The van der Waals surface area contributed by atoms with Gasteiger partial charge in [0.1, 0.15) is 5.82 Å². The molecule has 30 heavy (non-hydrogen) atoms. The Labute approximate surface area is 184 Å². The van der Waals surface area contributed by atoms with Crippen molar-refractivity contribution in [1.82, 2.24) is 14.7 Å². The topological polar surface area (TPSA) is 125 Å². The molecule has 1 heterocycles. The number of benzene rings is 1. The fourth-order valence-corrected chi connectivity index (χ4v) is 3.93. The van der Waals surface area contributed by atoms with E-state index in [1.807, 2.05) is 6.92 Å². The van der Waals surface area contributed by atoms with E-state index in [-0.39, 0.29) is 12.6 Å². The standard InChI is InChI=1S/C19H26BrN5O4S/c1-5-29-19(27)25-30(28,6-2)15-9-7-14(8-10-15)23-18-21-11-16(20)17(24-18)22-12(3)13(4)26/h6-13,26H,5H2,1-4H3,(H,25,27,28)(H2,21,22,23,24)/t12-,13-,30?/m1/s1. The number of anilines is 3. The zero-order chi connectivity index (χ0) is 22.3. The fraction of sp³-hybridized carbons (Fsp3) is 0.368. The van der Waals surface area contributed by atoms with Crippen LogP contribution in [0.4, 0.5) is 22.2 Å². The SMILES string of the molecule is CC=S(=O)(NC(=O)OCC)c1ccc(Nc2ncc(Br)c(N[C@H](C)[C@@H](C)O)n2)cc1. The number of nitrogens with one attached hydrogen (secondary N) is 3. The van der Waals surface area contributed by atoms with Crippen molar-refractivity contribution in [1.29, 1.82) is 0 Å². The van der Waals surface area contributed by atoms with Crippen LogP contribution < -0.4 is 15.4 Å². The molecule has 1 aromatic carbocycles. The first-order chi connectivity index (χ1) is 14.2. The summed E-state index contributed by atoms with van der Waals surface area (Å²) in [5.74, 6) is 0.887. The largest absolute Gasteiger partial charge is 0.449 e. The number of amides is 1. The van der Waals surface area contributed by atoms with Crippen molar-refractivity contribution in [2.45, 2.75) is 44.7 Å². The highest BCUT2D eigenvalue weighted by Crippen LogP contribution is 2.23. The molecule has 1 aromatic heterocycles. The average Bonchev–Trinajstić information content (AvgIpc) is 2.71. The molecule has 3 atom stereocenters. The maximum Gasteiger partial charge on any atom is 0.418 e. The number of ether oxygens (including phenoxy) is 1. The van der Waals surface area contributed by atoms with E-state index in [9.17, 15) is 14.1 Å². The number of aliphatic hydroxyl groups is 1. The number of aromatic nitrogens is 2. The Morgan fingerprint density at radius 2 is 2.00 bits per heavy atom. The Morgan fingerprint density at radius 3 is 2.57 bits per heavy atom. The number of halogens is 1. The van der Waals surface area contributed by atoms with E-state index < -0.39 is 21.9 Å². The maximum atomic E-state index is 13.0. The van der Waals surface area contributed by atoms with Gasteiger partial charge in [0.2, 0.25) is 5.95 Å². The third-order valence-electron chi connectivity index (χ3n) is 4.14. The van der Waals surface area contributed by atoms with Gasteiger partial charge in [0.05, 0.1) is 37.8 Å². The molecular weight excluding hydrogens is 474 g/mol. The first-order valence-corrected chi connectivity index (χ1v) is 11.7. The summed E-state index contributed by atoms with van der Waals surface area (Å²) in [6.07, 6.45) is 0.310. The normalized spacial score (nSPS) is 14.7. The number of carbonyl (C=O) groups is 1. The summed E-state index contributed by atoms with van der Waals surface area (Å²) in [4.78, 5) is 20.8. The third kappa shape index (κ3) is 6.31. The lowest BCUT2D eigenvalue weighted by atomic mass is 10.2. The molecule has 1 amide bonds. The molecule has 164 valence electrons. The van der Waals surface area contributed by atoms with Crippen molar-refractivity contribution in [3.63, 3.8) is 0 Å². The van der Waals surface area contributed by atoms with Crippen LogP contribution in [-0.4, -0.2) is 49.5 Å². The van der Waals surface area contributed by atoms with Crippen molar-refractivity contribution in [3.8, 4) is 0 Å². The number of carbonyl (C=O) groups excluding carboxylic acids is 1. The lowest BCUT2D eigenvalue weighted by Gasteiger charge is -2.18. The zero-order valence-corrected chi connectivity index (χ0v) is 19.6. The number of aliphatic hydroxyl groups excluding tert-OH is 1. The van der Waals surface area contributed by atoms with Gasteiger partial charge in [0.15, 0.2) is 0 Å². The van der Waals surface area contributed by atoms with E-state index in [1.54, 1.807) is 51.2 Å². The maximum absolute atomic E-state index is 13.0. The van der Waals surface area contributed by atoms with Crippen LogP contribution in [0, 0.1) is 0 Å². The van der Waals surface area contributed by atoms with E-state index in [1.165, 1.54) is 5.37 Å². The lowest BCUT2D eigenvalue weighted by molar-refractivity contribution is 0.159. The molecule has 0 saturated heterocycles. The van der Waals surface area contributed by atoms with Gasteiger partial charge in [-0.3, -0.25) is 0 Å². The summed E-state index contributed by atoms with van der Waals surface area (Å²) < 4.78 is 20.9. The van der Waals surface area contributed by atoms with Gasteiger partial charge in [-0.1, -0.05) is 0 Å². The summed E-state index contributed by atoms with van der Waals surface area (Å²) in [5, 5.41) is 17.3. The summed E-state index contributed by atoms with van der Waals surface area (Å²) in [6.45, 7) is 7.01. The van der Waals surface area contributed by atoms with E-state index in [4.69, 9.17) is 4.74 Å². The van der Waals surface area contributed by atoms with Crippen LogP contribution in [0.5, 0.6) is 0 Å². The summed E-state index contributed by atoms with van der Waals surface area (Å²) in [5.41, 5.74) is 0.671. The molecule has 0 aliphatic carbocycles. The molecule has 2 aromatic rings. The molecule has 1 unspecified atom stereocenters. The fourth-order valence-electron chi connectivity index (χ4n) is 2.27. The van der Waals surface area contributed by atoms with Gasteiger partial charge < -0.3 is 20.5 Å². The second-order valence-electron chi connectivity index (χ2n) is 6.37. The van der Waals surface area contributed by atoms with Crippen LogP contribution in [0.1, 0.15) is 27.7 Å². The third-order valence-corrected chi connectivity index (χ3v) is 6.82. The minimum Gasteiger partial charge on any atom is -0.449 e. The highest BCUT2D eigenvalue weighted by atomic mass is 79.9. The minimum absolute atomic E-state index is 0.188. The van der Waals surface area contributed by atoms with Gasteiger partial charge in [0, 0.05) is 11.9 Å². The first-order valence-electron chi connectivity index (χ1n) is 9.30. The van der Waals surface area contributed by atoms with Crippen molar-refractivity contribution < 1.29 is 18.8 Å². The van der Waals surface area contributed by atoms with Crippen LogP contribution in [0.25, 0.3) is 0 Å². The predicted molar refractivity (Wildman–Crippen MR) is 123 cm³/mol. The van der Waals surface area contributed by atoms with Crippen molar-refractivity contribution in [2.75, 3.05) is 17.2 Å². The molecule has 0 radical (unpaired) electrons. The molecular formula is C19H26BrN5O4S. The minimum atomic E-state index is -2.90. The molecule has 4 N–H and O–H groups in total. The highest BCUT2D eigenvalue weighted by Gasteiger charge is 2.15. The number of hydrogen-bond acceptors (Lipinski definition) is 8. The molecule has 0 saturated carbocycles. The van der Waals surface area contributed by atoms with Gasteiger partial charge in [0.25, 0.3) is 0 Å². The van der Waals surface area contributed by atoms with E-state index >= 15 is 0 Å². The average molecular weight is 500 g/mol. The van der Waals surface area contributed by atoms with Gasteiger partial charge in [-0.15, -0.1) is 0 Å². The Morgan fingerprint density at radius 1 is 1.33 bits per heavy atom. The second-order valence-corrected chi connectivity index (χ2v) is 9.57. The molecule has 11 heteroatoms. The number of nitrogens with zero attached hydrogens (tertiary/aromatic N) is 2. The van der Waals surface area contributed by atoms with Crippen molar-refractivity contribution >= 4 is 54.6 Å². The van der Waals surface area contributed by atoms with E-state index in [2.05, 4.69) is 41.3 Å². The molecule has 0 spiro atoms. The first kappa shape index (κ1) is 23.9. The predicted octanol–water partition coefficient (Wildman–Crippen LogP) is 3.29. The Balaban J connectivity index is 2.18. The smallest absolute Gasteiger partial charge is 0.418 e. The van der Waals surface area contributed by atoms with Gasteiger partial charge in [-0.2, -0.15) is 4.98 Å². The summed E-state index contributed by atoms with van der Waals surface area (Å²) in [6, 6.07) is 6.51. The van der Waals surface area contributed by atoms with Crippen LogP contribution in [-0.2, 0) is 14.4 Å². The Hall–Kier alpha value is -2.37. The zero-order valence-electron chi connectivity index (χ0n) is 17.2. The van der Waals surface area contributed by atoms with Crippen molar-refractivity contribution in [2.24, 2.45) is 0 Å². The van der Waals surface area contributed by atoms with Crippen LogP contribution in [0.2, 0.25) is 0 Å². The quantitative estimate of drug-likeness (QED) is 0.407. The molecule has 0 bridgehead atoms. The molecule has 0 aliphatic heterocycles. The molecule has 2 rings (SSSR count). The van der Waals surface area contributed by atoms with Gasteiger partial charge >= 0.3 is 6.09 Å².